The van der Waals surface area contributed by atoms with Gasteiger partial charge in [0.2, 0.25) is 0 Å². The van der Waals surface area contributed by atoms with Gasteiger partial charge in [-0.05, 0) is 36.8 Å². The summed E-state index contributed by atoms with van der Waals surface area (Å²) in [7, 11) is 0. The number of hydrogen-bond acceptors (Lipinski definition) is 4. The van der Waals surface area contributed by atoms with Crippen LogP contribution in [-0.2, 0) is 15.1 Å². The molecule has 0 radical (unpaired) electrons. The summed E-state index contributed by atoms with van der Waals surface area (Å²) >= 11 is 1.65. The summed E-state index contributed by atoms with van der Waals surface area (Å²) in [5, 5.41) is 12.8. The Balaban J connectivity index is 1.75. The zero-order valence-electron chi connectivity index (χ0n) is 10.1. The Morgan fingerprint density at radius 1 is 1.18 bits per heavy atom. The molecule has 0 amide bonds. The Bertz CT molecular complexity index is 397. The van der Waals surface area contributed by atoms with E-state index in [4.69, 9.17) is 9.47 Å². The van der Waals surface area contributed by atoms with Crippen LogP contribution in [0.15, 0.2) is 11.4 Å². The van der Waals surface area contributed by atoms with Gasteiger partial charge in [0, 0.05) is 17.7 Å². The molecule has 1 aliphatic carbocycles. The zero-order chi connectivity index (χ0) is 11.9. The smallest absolute Gasteiger partial charge is 0.168 e. The summed E-state index contributed by atoms with van der Waals surface area (Å²) in [6.45, 7) is 3.45. The highest BCUT2D eigenvalue weighted by atomic mass is 32.1. The maximum Gasteiger partial charge on any atom is 0.168 e. The number of thiophene rings is 1. The topological polar surface area (TPSA) is 38.7 Å². The van der Waals surface area contributed by atoms with Crippen molar-refractivity contribution >= 4 is 11.3 Å². The molecule has 0 bridgehead atoms. The summed E-state index contributed by atoms with van der Waals surface area (Å²) in [4.78, 5) is 1.09. The van der Waals surface area contributed by atoms with Crippen LogP contribution in [0.5, 0.6) is 0 Å². The number of hydrogen-bond donors (Lipinski definition) is 1. The van der Waals surface area contributed by atoms with Crippen molar-refractivity contribution in [3.05, 3.63) is 21.9 Å². The highest BCUT2D eigenvalue weighted by Crippen LogP contribution is 2.46. The van der Waals surface area contributed by atoms with Gasteiger partial charge in [0.15, 0.2) is 5.79 Å². The molecule has 0 aromatic carbocycles. The monoisotopic (exact) mass is 254 g/mol. The first kappa shape index (κ1) is 11.7. The van der Waals surface area contributed by atoms with Crippen LogP contribution in [0.1, 0.15) is 36.1 Å². The molecule has 1 aromatic rings. The number of rotatable bonds is 1. The van der Waals surface area contributed by atoms with E-state index in [0.29, 0.717) is 13.2 Å². The van der Waals surface area contributed by atoms with E-state index < -0.39 is 11.4 Å². The van der Waals surface area contributed by atoms with Crippen molar-refractivity contribution in [1.29, 1.82) is 0 Å². The van der Waals surface area contributed by atoms with E-state index in [1.165, 1.54) is 5.56 Å². The van der Waals surface area contributed by atoms with Crippen molar-refractivity contribution in [3.63, 3.8) is 0 Å². The predicted molar refractivity (Wildman–Crippen MR) is 66.1 cm³/mol. The average Bonchev–Trinajstić information content (AvgIpc) is 2.94. The second kappa shape index (κ2) is 4.05. The molecule has 17 heavy (non-hydrogen) atoms. The van der Waals surface area contributed by atoms with Gasteiger partial charge in [-0.1, -0.05) is 0 Å². The number of ether oxygens (including phenoxy) is 2. The molecule has 0 unspecified atom stereocenters. The van der Waals surface area contributed by atoms with Crippen LogP contribution in [0, 0.1) is 6.92 Å². The molecule has 1 N–H and O–H groups in total. The first-order chi connectivity index (χ1) is 8.12. The molecule has 1 saturated heterocycles. The Morgan fingerprint density at radius 2 is 1.82 bits per heavy atom. The molecule has 2 heterocycles. The van der Waals surface area contributed by atoms with E-state index in [9.17, 15) is 5.11 Å². The van der Waals surface area contributed by atoms with Gasteiger partial charge in [-0.15, -0.1) is 11.3 Å². The lowest BCUT2D eigenvalue weighted by Gasteiger charge is -2.40. The quantitative estimate of drug-likeness (QED) is 0.837. The molecule has 1 saturated carbocycles. The predicted octanol–water partition coefficient (Wildman–Crippen LogP) is 2.56. The molecule has 2 aliphatic rings. The minimum absolute atomic E-state index is 0.390. The SMILES string of the molecule is Cc1csc(C2(O)CCC3(CC2)OCCO3)c1. The molecular formula is C13H18O3S. The van der Waals surface area contributed by atoms with Gasteiger partial charge < -0.3 is 14.6 Å². The Kier molecular flexibility index (Phi) is 2.78. The van der Waals surface area contributed by atoms with Crippen LogP contribution < -0.4 is 0 Å². The van der Waals surface area contributed by atoms with Crippen molar-refractivity contribution in [2.45, 2.75) is 44.0 Å². The molecule has 3 rings (SSSR count). The van der Waals surface area contributed by atoms with Crippen LogP contribution in [0.3, 0.4) is 0 Å². The maximum absolute atomic E-state index is 10.7. The number of aliphatic hydroxyl groups is 1. The normalized spacial score (nSPS) is 26.5. The van der Waals surface area contributed by atoms with E-state index in [2.05, 4.69) is 18.4 Å². The Labute approximate surface area is 105 Å². The van der Waals surface area contributed by atoms with Crippen molar-refractivity contribution in [2.24, 2.45) is 0 Å². The van der Waals surface area contributed by atoms with Crippen molar-refractivity contribution in [1.82, 2.24) is 0 Å². The van der Waals surface area contributed by atoms with Crippen LogP contribution in [0.4, 0.5) is 0 Å². The standard InChI is InChI=1S/C13H18O3S/c1-10-8-11(17-9-10)12(14)2-4-13(5-3-12)15-6-7-16-13/h8-9,14H,2-7H2,1H3. The Morgan fingerprint density at radius 3 is 2.35 bits per heavy atom. The first-order valence-corrected chi connectivity index (χ1v) is 7.06. The maximum atomic E-state index is 10.7. The first-order valence-electron chi connectivity index (χ1n) is 6.18. The molecule has 4 heteroatoms. The van der Waals surface area contributed by atoms with E-state index in [-0.39, 0.29) is 0 Å². The third-order valence-corrected chi connectivity index (χ3v) is 5.08. The van der Waals surface area contributed by atoms with Crippen LogP contribution in [-0.4, -0.2) is 24.1 Å². The minimum Gasteiger partial charge on any atom is -0.384 e. The average molecular weight is 254 g/mol. The van der Waals surface area contributed by atoms with Crippen molar-refractivity contribution in [2.75, 3.05) is 13.2 Å². The summed E-state index contributed by atoms with van der Waals surface area (Å²) in [5.74, 6) is -0.390. The van der Waals surface area contributed by atoms with Gasteiger partial charge in [-0.3, -0.25) is 0 Å². The molecule has 2 fully saturated rings. The van der Waals surface area contributed by atoms with E-state index in [0.717, 1.165) is 30.6 Å². The molecule has 1 aromatic heterocycles. The molecule has 1 aliphatic heterocycles. The van der Waals surface area contributed by atoms with Gasteiger partial charge in [-0.2, -0.15) is 0 Å². The summed E-state index contributed by atoms with van der Waals surface area (Å²) < 4.78 is 11.4. The fraction of sp³-hybridized carbons (Fsp3) is 0.692. The van der Waals surface area contributed by atoms with E-state index in [1.54, 1.807) is 11.3 Å². The third-order valence-electron chi connectivity index (χ3n) is 3.84. The van der Waals surface area contributed by atoms with Crippen LogP contribution in [0.2, 0.25) is 0 Å². The molecule has 1 spiro atoms. The van der Waals surface area contributed by atoms with Gasteiger partial charge in [0.25, 0.3) is 0 Å². The van der Waals surface area contributed by atoms with Crippen molar-refractivity contribution in [3.8, 4) is 0 Å². The molecule has 3 nitrogen and oxygen atoms in total. The van der Waals surface area contributed by atoms with Crippen molar-refractivity contribution < 1.29 is 14.6 Å². The second-order valence-corrected chi connectivity index (χ2v) is 6.04. The fourth-order valence-corrected chi connectivity index (χ4v) is 3.81. The largest absolute Gasteiger partial charge is 0.384 e. The van der Waals surface area contributed by atoms with Gasteiger partial charge >= 0.3 is 0 Å². The fourth-order valence-electron chi connectivity index (χ4n) is 2.75. The van der Waals surface area contributed by atoms with E-state index in [1.807, 2.05) is 0 Å². The van der Waals surface area contributed by atoms with Gasteiger partial charge in [-0.25, -0.2) is 0 Å². The summed E-state index contributed by atoms with van der Waals surface area (Å²) in [6.07, 6.45) is 3.04. The van der Waals surface area contributed by atoms with Gasteiger partial charge in [0.05, 0.1) is 18.8 Å². The lowest BCUT2D eigenvalue weighted by molar-refractivity contribution is -0.203. The Hall–Kier alpha value is -0.420. The van der Waals surface area contributed by atoms with Crippen LogP contribution >= 0.6 is 11.3 Å². The lowest BCUT2D eigenvalue weighted by Crippen LogP contribution is -2.41. The second-order valence-electron chi connectivity index (χ2n) is 5.13. The lowest BCUT2D eigenvalue weighted by atomic mass is 9.80. The third kappa shape index (κ3) is 2.03. The van der Waals surface area contributed by atoms with E-state index >= 15 is 0 Å². The molecule has 0 atom stereocenters. The highest BCUT2D eigenvalue weighted by molar-refractivity contribution is 7.10. The van der Waals surface area contributed by atoms with Gasteiger partial charge in [0.1, 0.15) is 0 Å². The minimum atomic E-state index is -0.667. The summed E-state index contributed by atoms with van der Waals surface area (Å²) in [5.41, 5.74) is 0.562. The summed E-state index contributed by atoms with van der Waals surface area (Å²) in [6, 6.07) is 2.10. The molecular weight excluding hydrogens is 236 g/mol. The zero-order valence-corrected chi connectivity index (χ0v) is 10.9. The highest BCUT2D eigenvalue weighted by Gasteiger charge is 2.46. The van der Waals surface area contributed by atoms with Crippen LogP contribution in [0.25, 0.3) is 0 Å². The molecule has 94 valence electrons. The number of aryl methyl sites for hydroxylation is 1.